The first-order valence-electron chi connectivity index (χ1n) is 8.57. The van der Waals surface area contributed by atoms with Gasteiger partial charge < -0.3 is 9.84 Å². The van der Waals surface area contributed by atoms with E-state index in [0.29, 0.717) is 34.3 Å². The van der Waals surface area contributed by atoms with Crippen LogP contribution in [0.4, 0.5) is 0 Å². The van der Waals surface area contributed by atoms with Crippen molar-refractivity contribution in [2.45, 2.75) is 31.0 Å². The summed E-state index contributed by atoms with van der Waals surface area (Å²) in [7, 11) is 0. The van der Waals surface area contributed by atoms with Crippen LogP contribution >= 0.6 is 23.4 Å². The van der Waals surface area contributed by atoms with E-state index in [2.05, 4.69) is 15.5 Å². The van der Waals surface area contributed by atoms with Crippen LogP contribution < -0.4 is 5.32 Å². The largest absolute Gasteiger partial charge is 0.361 e. The lowest BCUT2D eigenvalue weighted by Gasteiger charge is -2.09. The van der Waals surface area contributed by atoms with Gasteiger partial charge in [0, 0.05) is 29.1 Å². The van der Waals surface area contributed by atoms with Crippen LogP contribution in [-0.2, 0) is 12.2 Å². The third-order valence-corrected chi connectivity index (χ3v) is 5.41. The van der Waals surface area contributed by atoms with E-state index in [1.165, 1.54) is 11.8 Å². The number of nitrogens with one attached hydrogen (secondary N) is 1. The molecule has 0 unspecified atom stereocenters. The third-order valence-electron chi connectivity index (χ3n) is 4.14. The monoisotopic (exact) mass is 401 g/mol. The molecule has 140 valence electrons. The van der Waals surface area contributed by atoms with Gasteiger partial charge in [0.15, 0.2) is 0 Å². The predicted molar refractivity (Wildman–Crippen MR) is 107 cm³/mol. The molecule has 3 rings (SSSR count). The van der Waals surface area contributed by atoms with Gasteiger partial charge in [0.2, 0.25) is 0 Å². The molecule has 5 nitrogen and oxygen atoms in total. The molecule has 0 aliphatic rings. The second kappa shape index (κ2) is 9.06. The van der Waals surface area contributed by atoms with Crippen molar-refractivity contribution in [2.24, 2.45) is 0 Å². The standard InChI is InChI=1S/C20H20ClN3O2S/c1-13-18(14(2)26-24-13)12-27-20-17(7-4-9-23-20)19(25)22-10-8-15-5-3-6-16(21)11-15/h3-7,9,11H,8,10,12H2,1-2H3,(H,22,25). The fraction of sp³-hybridized carbons (Fsp3) is 0.250. The van der Waals surface area contributed by atoms with Gasteiger partial charge in [-0.2, -0.15) is 0 Å². The fourth-order valence-electron chi connectivity index (χ4n) is 2.64. The van der Waals surface area contributed by atoms with Crippen molar-refractivity contribution in [2.75, 3.05) is 6.54 Å². The average molecular weight is 402 g/mol. The summed E-state index contributed by atoms with van der Waals surface area (Å²) in [5, 5.41) is 8.31. The summed E-state index contributed by atoms with van der Waals surface area (Å²) in [6, 6.07) is 11.2. The Morgan fingerprint density at radius 3 is 2.85 bits per heavy atom. The van der Waals surface area contributed by atoms with Crippen LogP contribution in [0.1, 0.15) is 32.9 Å². The number of amides is 1. The van der Waals surface area contributed by atoms with Gasteiger partial charge in [0.05, 0.1) is 11.3 Å². The summed E-state index contributed by atoms with van der Waals surface area (Å²) < 4.78 is 5.19. The van der Waals surface area contributed by atoms with Gasteiger partial charge in [-0.25, -0.2) is 4.98 Å². The normalized spacial score (nSPS) is 10.8. The van der Waals surface area contributed by atoms with Crippen molar-refractivity contribution < 1.29 is 9.32 Å². The van der Waals surface area contributed by atoms with Crippen molar-refractivity contribution in [3.05, 3.63) is 75.8 Å². The molecule has 0 saturated carbocycles. The number of nitrogens with zero attached hydrogens (tertiary/aromatic N) is 2. The van der Waals surface area contributed by atoms with E-state index in [1.54, 1.807) is 18.3 Å². The number of aromatic nitrogens is 2. The molecule has 2 heterocycles. The molecule has 0 radical (unpaired) electrons. The van der Waals surface area contributed by atoms with Gasteiger partial charge in [-0.15, -0.1) is 11.8 Å². The minimum Gasteiger partial charge on any atom is -0.361 e. The van der Waals surface area contributed by atoms with Crippen LogP contribution in [-0.4, -0.2) is 22.6 Å². The molecule has 0 atom stereocenters. The van der Waals surface area contributed by atoms with E-state index < -0.39 is 0 Å². The number of carbonyl (C=O) groups is 1. The summed E-state index contributed by atoms with van der Waals surface area (Å²) in [6.45, 7) is 4.33. The van der Waals surface area contributed by atoms with E-state index in [9.17, 15) is 4.79 Å². The highest BCUT2D eigenvalue weighted by atomic mass is 35.5. The molecule has 0 fully saturated rings. The zero-order valence-electron chi connectivity index (χ0n) is 15.2. The molecule has 7 heteroatoms. The smallest absolute Gasteiger partial charge is 0.254 e. The van der Waals surface area contributed by atoms with Gasteiger partial charge in [-0.1, -0.05) is 28.9 Å². The number of hydrogen-bond donors (Lipinski definition) is 1. The van der Waals surface area contributed by atoms with Gasteiger partial charge in [-0.05, 0) is 50.1 Å². The van der Waals surface area contributed by atoms with Gasteiger partial charge in [0.25, 0.3) is 5.91 Å². The van der Waals surface area contributed by atoms with E-state index >= 15 is 0 Å². The van der Waals surface area contributed by atoms with E-state index in [0.717, 1.165) is 22.6 Å². The van der Waals surface area contributed by atoms with Crippen molar-refractivity contribution >= 4 is 29.3 Å². The topological polar surface area (TPSA) is 68.0 Å². The maximum absolute atomic E-state index is 12.6. The number of thioether (sulfide) groups is 1. The van der Waals surface area contributed by atoms with E-state index in [-0.39, 0.29) is 5.91 Å². The molecule has 0 spiro atoms. The Bertz CT molecular complexity index is 923. The Hall–Kier alpha value is -2.31. The first-order valence-corrected chi connectivity index (χ1v) is 9.93. The zero-order chi connectivity index (χ0) is 19.2. The van der Waals surface area contributed by atoms with E-state index in [1.807, 2.05) is 38.1 Å². The van der Waals surface area contributed by atoms with Crippen molar-refractivity contribution in [1.29, 1.82) is 0 Å². The maximum Gasteiger partial charge on any atom is 0.254 e. The SMILES string of the molecule is Cc1noc(C)c1CSc1ncccc1C(=O)NCCc1cccc(Cl)c1. The van der Waals surface area contributed by atoms with Crippen LogP contribution in [0.2, 0.25) is 5.02 Å². The Balaban J connectivity index is 1.61. The quantitative estimate of drug-likeness (QED) is 0.586. The Morgan fingerprint density at radius 1 is 1.26 bits per heavy atom. The van der Waals surface area contributed by atoms with Crippen LogP contribution in [0.15, 0.2) is 52.1 Å². The van der Waals surface area contributed by atoms with Crippen molar-refractivity contribution in [3.8, 4) is 0 Å². The number of hydrogen-bond acceptors (Lipinski definition) is 5. The first-order chi connectivity index (χ1) is 13.0. The molecular weight excluding hydrogens is 382 g/mol. The fourth-order valence-corrected chi connectivity index (χ4v) is 3.99. The summed E-state index contributed by atoms with van der Waals surface area (Å²) in [6.07, 6.45) is 2.41. The van der Waals surface area contributed by atoms with Crippen molar-refractivity contribution in [1.82, 2.24) is 15.5 Å². The van der Waals surface area contributed by atoms with Crippen LogP contribution in [0.5, 0.6) is 0 Å². The summed E-state index contributed by atoms with van der Waals surface area (Å²) in [4.78, 5) is 17.0. The highest BCUT2D eigenvalue weighted by molar-refractivity contribution is 7.98. The van der Waals surface area contributed by atoms with Gasteiger partial charge in [0.1, 0.15) is 10.8 Å². The molecule has 1 amide bonds. The van der Waals surface area contributed by atoms with Crippen LogP contribution in [0.3, 0.4) is 0 Å². The molecule has 1 aromatic carbocycles. The van der Waals surface area contributed by atoms with Gasteiger partial charge >= 0.3 is 0 Å². The minimum atomic E-state index is -0.133. The predicted octanol–water partition coefficient (Wildman–Crippen LogP) is 4.60. The molecule has 27 heavy (non-hydrogen) atoms. The Kier molecular flexibility index (Phi) is 6.53. The number of pyridine rings is 1. The molecule has 0 bridgehead atoms. The van der Waals surface area contributed by atoms with Crippen molar-refractivity contribution in [3.63, 3.8) is 0 Å². The molecule has 0 aliphatic heterocycles. The maximum atomic E-state index is 12.6. The minimum absolute atomic E-state index is 0.133. The number of halogens is 1. The second-order valence-electron chi connectivity index (χ2n) is 6.08. The molecule has 0 aliphatic carbocycles. The first kappa shape index (κ1) is 19.5. The molecule has 2 aromatic heterocycles. The Labute approximate surface area is 167 Å². The lowest BCUT2D eigenvalue weighted by molar-refractivity contribution is 0.0950. The molecular formula is C20H20ClN3O2S. The summed E-state index contributed by atoms with van der Waals surface area (Å²) in [5.41, 5.74) is 3.56. The number of carbonyl (C=O) groups excluding carboxylic acids is 1. The molecule has 1 N–H and O–H groups in total. The average Bonchev–Trinajstić information content (AvgIpc) is 2.98. The summed E-state index contributed by atoms with van der Waals surface area (Å²) >= 11 is 7.50. The van der Waals surface area contributed by atoms with Gasteiger partial charge in [-0.3, -0.25) is 4.79 Å². The molecule has 0 saturated heterocycles. The number of benzene rings is 1. The lowest BCUT2D eigenvalue weighted by Crippen LogP contribution is -2.26. The van der Waals surface area contributed by atoms with Crippen LogP contribution in [0.25, 0.3) is 0 Å². The second-order valence-corrected chi connectivity index (χ2v) is 7.48. The summed E-state index contributed by atoms with van der Waals surface area (Å²) in [5.74, 6) is 1.32. The number of rotatable bonds is 7. The Morgan fingerprint density at radius 2 is 2.11 bits per heavy atom. The molecule has 3 aromatic rings. The highest BCUT2D eigenvalue weighted by Gasteiger charge is 2.15. The number of aryl methyl sites for hydroxylation is 2. The van der Waals surface area contributed by atoms with E-state index in [4.69, 9.17) is 16.1 Å². The highest BCUT2D eigenvalue weighted by Crippen LogP contribution is 2.27. The lowest BCUT2D eigenvalue weighted by atomic mass is 10.1. The third kappa shape index (κ3) is 5.11. The zero-order valence-corrected chi connectivity index (χ0v) is 16.7. The van der Waals surface area contributed by atoms with Crippen LogP contribution in [0, 0.1) is 13.8 Å².